The first-order valence-corrected chi connectivity index (χ1v) is 10.3. The summed E-state index contributed by atoms with van der Waals surface area (Å²) in [7, 11) is -3.59. The average Bonchev–Trinajstić information content (AvgIpc) is 3.07. The van der Waals surface area contributed by atoms with Gasteiger partial charge in [0.2, 0.25) is 10.0 Å². The highest BCUT2D eigenvalue weighted by Crippen LogP contribution is 2.38. The monoisotopic (exact) mass is 420 g/mol. The van der Waals surface area contributed by atoms with E-state index >= 15 is 0 Å². The van der Waals surface area contributed by atoms with E-state index in [9.17, 15) is 13.2 Å². The largest absolute Gasteiger partial charge is 0.481 e. The van der Waals surface area contributed by atoms with Gasteiger partial charge in [-0.25, -0.2) is 8.42 Å². The van der Waals surface area contributed by atoms with Gasteiger partial charge in [0.15, 0.2) is 0 Å². The molecule has 0 saturated carbocycles. The van der Waals surface area contributed by atoms with E-state index in [1.165, 1.54) is 4.31 Å². The fourth-order valence-corrected chi connectivity index (χ4v) is 5.11. The summed E-state index contributed by atoms with van der Waals surface area (Å²) in [5, 5.41) is 8.65. The minimum absolute atomic E-state index is 0. The molecule has 0 unspecified atom stereocenters. The second-order valence-corrected chi connectivity index (χ2v) is 8.42. The second-order valence-electron chi connectivity index (χ2n) is 5.98. The molecule has 0 atom stereocenters. The Labute approximate surface area is 162 Å². The Morgan fingerprint density at radius 2 is 1.88 bits per heavy atom. The number of carbonyl (C=O) groups is 1. The number of unbranched alkanes of at least 4 members (excludes halogenated alkanes) is 1. The molecule has 8 nitrogen and oxygen atoms in total. The molecule has 11 heteroatoms. The van der Waals surface area contributed by atoms with Crippen LogP contribution in [0.4, 0.5) is 11.4 Å². The normalized spacial score (nSPS) is 17.4. The van der Waals surface area contributed by atoms with Gasteiger partial charge in [-0.1, -0.05) is 6.07 Å². The van der Waals surface area contributed by atoms with Crippen LogP contribution in [0.3, 0.4) is 0 Å². The van der Waals surface area contributed by atoms with Gasteiger partial charge in [0.25, 0.3) is 0 Å². The van der Waals surface area contributed by atoms with E-state index in [1.54, 1.807) is 18.2 Å². The molecule has 1 N–H and O–H groups in total. The van der Waals surface area contributed by atoms with Crippen LogP contribution in [0.25, 0.3) is 0 Å². The highest BCUT2D eigenvalue weighted by Gasteiger charge is 2.31. The molecule has 0 radical (unpaired) electrons. The van der Waals surface area contributed by atoms with Crippen molar-refractivity contribution in [3.63, 3.8) is 0 Å². The molecule has 0 bridgehead atoms. The Hall–Kier alpha value is -1.33. The van der Waals surface area contributed by atoms with Crippen molar-refractivity contribution in [2.75, 3.05) is 32.7 Å². The third kappa shape index (κ3) is 4.68. The number of carboxylic acid groups (broad SMARTS) is 1. The summed E-state index contributed by atoms with van der Waals surface area (Å²) in [6.45, 7) is 2.95. The lowest BCUT2D eigenvalue weighted by atomic mass is 10.2. The van der Waals surface area contributed by atoms with Gasteiger partial charge in [-0.3, -0.25) is 4.79 Å². The molecule has 2 heterocycles. The van der Waals surface area contributed by atoms with Crippen LogP contribution in [0.5, 0.6) is 0 Å². The summed E-state index contributed by atoms with van der Waals surface area (Å²) in [6, 6.07) is 5.03. The molecule has 0 aliphatic carbocycles. The van der Waals surface area contributed by atoms with Crippen molar-refractivity contribution in [3.05, 3.63) is 18.2 Å². The number of nitrogens with zero attached hydrogens (tertiary/aromatic N) is 4. The predicted octanol–water partition coefficient (Wildman–Crippen LogP) is 2.40. The van der Waals surface area contributed by atoms with Crippen LogP contribution in [0.1, 0.15) is 19.3 Å². The zero-order valence-corrected chi connectivity index (χ0v) is 16.5. The Kier molecular flexibility index (Phi) is 7.30. The van der Waals surface area contributed by atoms with Gasteiger partial charge in [-0.2, -0.15) is 13.0 Å². The molecule has 0 aromatic heterocycles. The third-order valence-electron chi connectivity index (χ3n) is 4.31. The molecule has 1 aromatic rings. The summed E-state index contributed by atoms with van der Waals surface area (Å²) < 4.78 is 35.6. The number of hydrogen-bond acceptors (Lipinski definition) is 6. The Morgan fingerprint density at radius 3 is 2.58 bits per heavy atom. The van der Waals surface area contributed by atoms with Crippen LogP contribution in [-0.2, 0) is 26.2 Å². The number of halogens is 1. The molecule has 0 amide bonds. The SMILES string of the molecule is Cl.O=C(O)CCCCN1CCN(S(=O)(=O)c2cccc3c2N=S=N3)CC1. The zero-order valence-electron chi connectivity index (χ0n) is 14.1. The first-order valence-electron chi connectivity index (χ1n) is 8.14. The van der Waals surface area contributed by atoms with Crippen molar-refractivity contribution in [1.29, 1.82) is 0 Å². The maximum Gasteiger partial charge on any atom is 0.303 e. The van der Waals surface area contributed by atoms with Crippen LogP contribution in [0.2, 0.25) is 0 Å². The van der Waals surface area contributed by atoms with E-state index in [-0.39, 0.29) is 23.7 Å². The Balaban J connectivity index is 0.00000243. The molecule has 1 fully saturated rings. The molecule has 26 heavy (non-hydrogen) atoms. The van der Waals surface area contributed by atoms with Gasteiger partial charge >= 0.3 is 5.97 Å². The quantitative estimate of drug-likeness (QED) is 0.693. The molecular weight excluding hydrogens is 400 g/mol. The van der Waals surface area contributed by atoms with Crippen LogP contribution in [-0.4, -0.2) is 61.4 Å². The van der Waals surface area contributed by atoms with E-state index in [1.807, 2.05) is 0 Å². The summed E-state index contributed by atoms with van der Waals surface area (Å²) >= 11 is 1.01. The lowest BCUT2D eigenvalue weighted by Crippen LogP contribution is -2.48. The van der Waals surface area contributed by atoms with Gasteiger partial charge < -0.3 is 10.0 Å². The van der Waals surface area contributed by atoms with Crippen molar-refractivity contribution in [2.24, 2.45) is 8.73 Å². The van der Waals surface area contributed by atoms with Crippen molar-refractivity contribution >= 4 is 51.1 Å². The molecule has 3 rings (SSSR count). The number of rotatable bonds is 7. The summed E-state index contributed by atoms with van der Waals surface area (Å²) in [5.74, 6) is -0.776. The number of sulfonamides is 1. The van der Waals surface area contributed by atoms with E-state index < -0.39 is 16.0 Å². The summed E-state index contributed by atoms with van der Waals surface area (Å²) in [4.78, 5) is 12.9. The van der Waals surface area contributed by atoms with Crippen molar-refractivity contribution < 1.29 is 18.3 Å². The fraction of sp³-hybridized carbons (Fsp3) is 0.533. The molecule has 0 spiro atoms. The molecule has 1 aromatic carbocycles. The second kappa shape index (κ2) is 9.05. The maximum atomic E-state index is 12.9. The molecular formula is C15H21ClN4O4S2. The van der Waals surface area contributed by atoms with Gasteiger partial charge in [-0.05, 0) is 31.5 Å². The number of piperazine rings is 1. The van der Waals surface area contributed by atoms with Crippen molar-refractivity contribution in [3.8, 4) is 0 Å². The third-order valence-corrected chi connectivity index (χ3v) is 6.79. The van der Waals surface area contributed by atoms with E-state index in [4.69, 9.17) is 5.11 Å². The number of fused-ring (bicyclic) bond motifs is 1. The van der Waals surface area contributed by atoms with E-state index in [0.717, 1.165) is 24.3 Å². The van der Waals surface area contributed by atoms with Gasteiger partial charge in [0.05, 0.1) is 11.4 Å². The Morgan fingerprint density at radius 1 is 1.15 bits per heavy atom. The number of hydrogen-bond donors (Lipinski definition) is 1. The molecule has 1 saturated heterocycles. The minimum atomic E-state index is -3.59. The highest BCUT2D eigenvalue weighted by molar-refractivity contribution is 7.89. The smallest absolute Gasteiger partial charge is 0.303 e. The topological polar surface area (TPSA) is 103 Å². The van der Waals surface area contributed by atoms with Crippen LogP contribution in [0.15, 0.2) is 31.8 Å². The lowest BCUT2D eigenvalue weighted by molar-refractivity contribution is -0.137. The lowest BCUT2D eigenvalue weighted by Gasteiger charge is -2.34. The highest BCUT2D eigenvalue weighted by atomic mass is 35.5. The maximum absolute atomic E-state index is 12.9. The molecule has 2 aliphatic rings. The predicted molar refractivity (Wildman–Crippen MR) is 102 cm³/mol. The van der Waals surface area contributed by atoms with E-state index in [0.29, 0.717) is 44.0 Å². The number of carboxylic acids is 1. The number of benzene rings is 1. The summed E-state index contributed by atoms with van der Waals surface area (Å²) in [6.07, 6.45) is 1.63. The van der Waals surface area contributed by atoms with Crippen LogP contribution >= 0.6 is 12.4 Å². The Bertz CT molecular complexity index is 832. The first kappa shape index (κ1) is 21.0. The average molecular weight is 421 g/mol. The van der Waals surface area contributed by atoms with Crippen molar-refractivity contribution in [1.82, 2.24) is 9.21 Å². The number of aliphatic carboxylic acids is 1. The van der Waals surface area contributed by atoms with E-state index in [2.05, 4.69) is 13.6 Å². The van der Waals surface area contributed by atoms with Gasteiger partial charge in [0.1, 0.15) is 16.3 Å². The van der Waals surface area contributed by atoms with Gasteiger partial charge in [-0.15, -0.1) is 12.4 Å². The minimum Gasteiger partial charge on any atom is -0.481 e. The van der Waals surface area contributed by atoms with Gasteiger partial charge in [0, 0.05) is 32.6 Å². The van der Waals surface area contributed by atoms with Crippen LogP contribution in [0, 0.1) is 0 Å². The first-order chi connectivity index (χ1) is 12.0. The zero-order chi connectivity index (χ0) is 17.9. The van der Waals surface area contributed by atoms with Crippen molar-refractivity contribution in [2.45, 2.75) is 24.2 Å². The molecule has 2 aliphatic heterocycles. The standard InChI is InChI=1S/C15H20N4O4S2.ClH/c20-14(21)6-1-2-7-18-8-10-19(11-9-18)25(22,23)13-5-3-4-12-15(13)17-24-16-12;/h3-5H,1-2,6-11H2,(H,20,21);1H. The van der Waals surface area contributed by atoms with Crippen LogP contribution < -0.4 is 0 Å². The summed E-state index contributed by atoms with van der Waals surface area (Å²) in [5.41, 5.74) is 1.03. The fourth-order valence-electron chi connectivity index (χ4n) is 2.93. The molecule has 144 valence electrons.